The number of nitrogens with two attached hydrogens (primary N) is 1. The molecular formula is C24H25FN4O2. The Morgan fingerprint density at radius 1 is 1.13 bits per heavy atom. The molecule has 4 rings (SSSR count). The summed E-state index contributed by atoms with van der Waals surface area (Å²) in [6.45, 7) is 3.71. The Bertz CT molecular complexity index is 1140. The first-order chi connectivity index (χ1) is 14.8. The van der Waals surface area contributed by atoms with Crippen LogP contribution in [-0.2, 0) is 0 Å². The highest BCUT2D eigenvalue weighted by Gasteiger charge is 2.22. The van der Waals surface area contributed by atoms with Crippen LogP contribution in [0.1, 0.15) is 45.9 Å². The third-order valence-electron chi connectivity index (χ3n) is 5.80. The van der Waals surface area contributed by atoms with Crippen LogP contribution in [0.4, 0.5) is 10.3 Å². The molecule has 1 fully saturated rings. The predicted molar refractivity (Wildman–Crippen MR) is 118 cm³/mol. The molecule has 3 N–H and O–H groups in total. The lowest BCUT2D eigenvalue weighted by Gasteiger charge is -2.28. The van der Waals surface area contributed by atoms with Crippen molar-refractivity contribution in [3.8, 4) is 17.0 Å². The van der Waals surface area contributed by atoms with Gasteiger partial charge in [-0.2, -0.15) is 0 Å². The van der Waals surface area contributed by atoms with Crippen molar-refractivity contribution in [3.05, 3.63) is 70.7 Å². The molecule has 2 aromatic carbocycles. The number of ketones is 1. The van der Waals surface area contributed by atoms with Gasteiger partial charge in [-0.1, -0.05) is 6.07 Å². The number of benzene rings is 2. The SMILES string of the molecule is Cc1ccc(C(=O)c2ccc(O)c(-c3cc(C4CCN(C)CC4)nc(N)n3)c2)c(F)c1. The molecule has 1 saturated heterocycles. The zero-order valence-electron chi connectivity index (χ0n) is 17.6. The number of anilines is 1. The summed E-state index contributed by atoms with van der Waals surface area (Å²) in [6.07, 6.45) is 1.92. The molecule has 0 radical (unpaired) electrons. The summed E-state index contributed by atoms with van der Waals surface area (Å²) in [7, 11) is 2.09. The highest BCUT2D eigenvalue weighted by atomic mass is 19.1. The van der Waals surface area contributed by atoms with Gasteiger partial charge in [0.15, 0.2) is 5.78 Å². The van der Waals surface area contributed by atoms with Crippen molar-refractivity contribution >= 4 is 11.7 Å². The third kappa shape index (κ3) is 4.41. The van der Waals surface area contributed by atoms with Gasteiger partial charge in [-0.05, 0) is 81.9 Å². The number of hydrogen-bond donors (Lipinski definition) is 2. The summed E-state index contributed by atoms with van der Waals surface area (Å²) in [4.78, 5) is 23.9. The second kappa shape index (κ2) is 8.43. The van der Waals surface area contributed by atoms with Gasteiger partial charge in [-0.3, -0.25) is 4.79 Å². The maximum absolute atomic E-state index is 14.3. The number of aryl methyl sites for hydroxylation is 1. The van der Waals surface area contributed by atoms with Gasteiger partial charge in [-0.25, -0.2) is 14.4 Å². The lowest BCUT2D eigenvalue weighted by Crippen LogP contribution is -2.29. The largest absolute Gasteiger partial charge is 0.507 e. The van der Waals surface area contributed by atoms with Crippen LogP contribution in [0, 0.1) is 12.7 Å². The van der Waals surface area contributed by atoms with Gasteiger partial charge in [0, 0.05) is 22.7 Å². The average molecular weight is 420 g/mol. The fraction of sp³-hybridized carbons (Fsp3) is 0.292. The van der Waals surface area contributed by atoms with E-state index in [0.29, 0.717) is 11.3 Å². The van der Waals surface area contributed by atoms with Gasteiger partial charge < -0.3 is 15.7 Å². The zero-order valence-corrected chi connectivity index (χ0v) is 17.6. The Balaban J connectivity index is 1.71. The molecule has 0 saturated carbocycles. The first kappa shape index (κ1) is 20.9. The van der Waals surface area contributed by atoms with Gasteiger partial charge in [0.05, 0.1) is 11.3 Å². The molecule has 0 atom stereocenters. The fourth-order valence-electron chi connectivity index (χ4n) is 3.98. The number of piperidine rings is 1. The van der Waals surface area contributed by atoms with Gasteiger partial charge >= 0.3 is 0 Å². The topological polar surface area (TPSA) is 92.3 Å². The van der Waals surface area contributed by atoms with Gasteiger partial charge in [0.25, 0.3) is 0 Å². The van der Waals surface area contributed by atoms with Crippen LogP contribution >= 0.6 is 0 Å². The number of carbonyl (C=O) groups is 1. The number of hydrogen-bond acceptors (Lipinski definition) is 6. The van der Waals surface area contributed by atoms with Crippen molar-refractivity contribution in [2.24, 2.45) is 0 Å². The van der Waals surface area contributed by atoms with E-state index in [-0.39, 0.29) is 28.7 Å². The number of halogens is 1. The number of likely N-dealkylation sites (tertiary alicyclic amines) is 1. The molecule has 7 heteroatoms. The van der Waals surface area contributed by atoms with E-state index in [1.54, 1.807) is 13.0 Å². The Morgan fingerprint density at radius 3 is 2.58 bits per heavy atom. The highest BCUT2D eigenvalue weighted by Crippen LogP contribution is 2.33. The van der Waals surface area contributed by atoms with Crippen LogP contribution in [-0.4, -0.2) is 45.9 Å². The van der Waals surface area contributed by atoms with E-state index in [1.165, 1.54) is 30.3 Å². The molecule has 6 nitrogen and oxygen atoms in total. The van der Waals surface area contributed by atoms with Crippen LogP contribution in [0.25, 0.3) is 11.3 Å². The van der Waals surface area contributed by atoms with Crippen LogP contribution < -0.4 is 5.73 Å². The number of aromatic hydroxyl groups is 1. The van der Waals surface area contributed by atoms with Gasteiger partial charge in [0.1, 0.15) is 11.6 Å². The number of nitrogens with zero attached hydrogens (tertiary/aromatic N) is 3. The lowest BCUT2D eigenvalue weighted by molar-refractivity contribution is 0.103. The molecule has 0 bridgehead atoms. The molecule has 0 unspecified atom stereocenters. The normalized spacial score (nSPS) is 15.2. The second-order valence-corrected chi connectivity index (χ2v) is 8.16. The molecular weight excluding hydrogens is 395 g/mol. The Morgan fingerprint density at radius 2 is 1.87 bits per heavy atom. The Labute approximate surface area is 180 Å². The lowest BCUT2D eigenvalue weighted by atomic mass is 9.92. The van der Waals surface area contributed by atoms with Crippen molar-refractivity contribution in [2.45, 2.75) is 25.7 Å². The monoisotopic (exact) mass is 420 g/mol. The Kier molecular flexibility index (Phi) is 5.69. The van der Waals surface area contributed by atoms with Crippen LogP contribution in [0.3, 0.4) is 0 Å². The summed E-state index contributed by atoms with van der Waals surface area (Å²) in [5, 5.41) is 10.5. The smallest absolute Gasteiger partial charge is 0.220 e. The summed E-state index contributed by atoms with van der Waals surface area (Å²) in [5.74, 6) is -0.693. The summed E-state index contributed by atoms with van der Waals surface area (Å²) in [5.41, 5.74) is 8.58. The minimum atomic E-state index is -0.574. The maximum Gasteiger partial charge on any atom is 0.220 e. The molecule has 0 aliphatic carbocycles. The number of carbonyl (C=O) groups excluding carboxylic acids is 1. The standard InChI is InChI=1S/C24H25FN4O2/c1-14-3-5-17(19(25)11-14)23(31)16-4-6-22(30)18(12-16)21-13-20(27-24(26)28-21)15-7-9-29(2)10-8-15/h3-6,11-13,15,30H,7-10H2,1-2H3,(H2,26,27,28). The molecule has 31 heavy (non-hydrogen) atoms. The second-order valence-electron chi connectivity index (χ2n) is 8.16. The van der Waals surface area contributed by atoms with Gasteiger partial charge in [-0.15, -0.1) is 0 Å². The number of phenols is 1. The molecule has 1 aliphatic heterocycles. The number of phenolic OH excluding ortho intramolecular Hbond substituents is 1. The van der Waals surface area contributed by atoms with Crippen LogP contribution in [0.5, 0.6) is 5.75 Å². The predicted octanol–water partition coefficient (Wildman–Crippen LogP) is 3.92. The van der Waals surface area contributed by atoms with E-state index < -0.39 is 11.6 Å². The molecule has 0 spiro atoms. The third-order valence-corrected chi connectivity index (χ3v) is 5.80. The Hall–Kier alpha value is -3.32. The number of aromatic nitrogens is 2. The van der Waals surface area contributed by atoms with E-state index in [4.69, 9.17) is 5.73 Å². The van der Waals surface area contributed by atoms with E-state index in [0.717, 1.165) is 37.2 Å². The molecule has 1 aromatic heterocycles. The summed E-state index contributed by atoms with van der Waals surface area (Å²) >= 11 is 0. The molecule has 2 heterocycles. The highest BCUT2D eigenvalue weighted by molar-refractivity contribution is 6.09. The molecule has 0 amide bonds. The van der Waals surface area contributed by atoms with Gasteiger partial charge in [0.2, 0.25) is 5.95 Å². The quantitative estimate of drug-likeness (QED) is 0.622. The minimum absolute atomic E-state index is 0.0172. The van der Waals surface area contributed by atoms with Crippen molar-refractivity contribution in [3.63, 3.8) is 0 Å². The molecule has 160 valence electrons. The van der Waals surface area contributed by atoms with Crippen molar-refractivity contribution < 1.29 is 14.3 Å². The van der Waals surface area contributed by atoms with Crippen molar-refractivity contribution in [1.29, 1.82) is 0 Å². The van der Waals surface area contributed by atoms with E-state index in [9.17, 15) is 14.3 Å². The summed E-state index contributed by atoms with van der Waals surface area (Å²) in [6, 6.07) is 10.7. The fourth-order valence-corrected chi connectivity index (χ4v) is 3.98. The maximum atomic E-state index is 14.3. The zero-order chi connectivity index (χ0) is 22.1. The first-order valence-corrected chi connectivity index (χ1v) is 10.3. The minimum Gasteiger partial charge on any atom is -0.507 e. The van der Waals surface area contributed by atoms with E-state index >= 15 is 0 Å². The van der Waals surface area contributed by atoms with Crippen LogP contribution in [0.15, 0.2) is 42.5 Å². The van der Waals surface area contributed by atoms with E-state index in [1.807, 2.05) is 6.07 Å². The molecule has 1 aliphatic rings. The first-order valence-electron chi connectivity index (χ1n) is 10.3. The van der Waals surface area contributed by atoms with Crippen LogP contribution in [0.2, 0.25) is 0 Å². The van der Waals surface area contributed by atoms with E-state index in [2.05, 4.69) is 21.9 Å². The average Bonchev–Trinajstić information content (AvgIpc) is 2.73. The van der Waals surface area contributed by atoms with Crippen molar-refractivity contribution in [2.75, 3.05) is 25.9 Å². The van der Waals surface area contributed by atoms with Crippen molar-refractivity contribution in [1.82, 2.24) is 14.9 Å². The number of rotatable bonds is 4. The summed E-state index contributed by atoms with van der Waals surface area (Å²) < 4.78 is 14.3. The number of nitrogen functional groups attached to an aromatic ring is 1. The molecule has 3 aromatic rings.